The molecule has 1 aromatic carbocycles. The molecule has 0 heterocycles. The van der Waals surface area contributed by atoms with Crippen LogP contribution in [-0.4, -0.2) is 24.5 Å². The first kappa shape index (κ1) is 17.3. The highest BCUT2D eigenvalue weighted by molar-refractivity contribution is 5.94. The number of amides is 3. The van der Waals surface area contributed by atoms with E-state index in [-0.39, 0.29) is 24.4 Å². The van der Waals surface area contributed by atoms with Gasteiger partial charge in [-0.1, -0.05) is 12.1 Å². The van der Waals surface area contributed by atoms with Gasteiger partial charge in [0.25, 0.3) is 5.91 Å². The van der Waals surface area contributed by atoms with Gasteiger partial charge in [-0.2, -0.15) is 0 Å². The third-order valence-corrected chi connectivity index (χ3v) is 3.41. The topological polar surface area (TPSA) is 110 Å². The Morgan fingerprint density at radius 1 is 1.19 bits per heavy atom. The van der Waals surface area contributed by atoms with Crippen LogP contribution in [0, 0.1) is 5.92 Å². The van der Waals surface area contributed by atoms with Crippen molar-refractivity contribution in [2.24, 2.45) is 17.4 Å². The van der Waals surface area contributed by atoms with E-state index in [9.17, 15) is 9.59 Å². The van der Waals surface area contributed by atoms with Crippen molar-refractivity contribution in [2.45, 2.75) is 25.4 Å². The van der Waals surface area contributed by atoms with Gasteiger partial charge in [-0.25, -0.2) is 4.79 Å². The van der Waals surface area contributed by atoms with Gasteiger partial charge in [-0.05, 0) is 36.5 Å². The zero-order valence-electron chi connectivity index (χ0n) is 11.7. The fourth-order valence-corrected chi connectivity index (χ4v) is 1.97. The lowest BCUT2D eigenvalue weighted by molar-refractivity contribution is 0.0950. The number of carbonyl (C=O) groups excluding carboxylic acids is 2. The minimum absolute atomic E-state index is 0. The number of benzene rings is 1. The highest BCUT2D eigenvalue weighted by Crippen LogP contribution is 2.31. The molecule has 1 atom stereocenters. The molecule has 0 saturated heterocycles. The van der Waals surface area contributed by atoms with Crippen molar-refractivity contribution in [3.05, 3.63) is 35.4 Å². The molecule has 1 aliphatic carbocycles. The van der Waals surface area contributed by atoms with E-state index in [1.165, 1.54) is 12.8 Å². The van der Waals surface area contributed by atoms with Crippen LogP contribution in [0.15, 0.2) is 24.3 Å². The van der Waals surface area contributed by atoms with Gasteiger partial charge in [-0.15, -0.1) is 12.4 Å². The molecule has 1 fully saturated rings. The van der Waals surface area contributed by atoms with Gasteiger partial charge >= 0.3 is 6.03 Å². The summed E-state index contributed by atoms with van der Waals surface area (Å²) in [4.78, 5) is 22.5. The molecule has 0 bridgehead atoms. The number of carbonyl (C=O) groups is 2. The van der Waals surface area contributed by atoms with Crippen LogP contribution in [0.3, 0.4) is 0 Å². The van der Waals surface area contributed by atoms with Crippen molar-refractivity contribution in [1.29, 1.82) is 0 Å². The summed E-state index contributed by atoms with van der Waals surface area (Å²) >= 11 is 0. The minimum Gasteiger partial charge on any atom is -0.352 e. The number of halogens is 1. The van der Waals surface area contributed by atoms with E-state index in [4.69, 9.17) is 11.5 Å². The maximum absolute atomic E-state index is 11.9. The van der Waals surface area contributed by atoms with E-state index in [1.54, 1.807) is 24.3 Å². The summed E-state index contributed by atoms with van der Waals surface area (Å²) in [5.74, 6) is 0.438. The Morgan fingerprint density at radius 2 is 1.81 bits per heavy atom. The van der Waals surface area contributed by atoms with Crippen LogP contribution in [0.5, 0.6) is 0 Å². The van der Waals surface area contributed by atoms with Gasteiger partial charge in [0.15, 0.2) is 0 Å². The van der Waals surface area contributed by atoms with E-state index in [0.29, 0.717) is 24.6 Å². The first-order valence-electron chi connectivity index (χ1n) is 6.72. The minimum atomic E-state index is -0.569. The molecule has 1 saturated carbocycles. The maximum Gasteiger partial charge on any atom is 0.312 e. The SMILES string of the molecule is Cl.NC(=O)NCc1ccc(C(=O)NCC(N)C2CC2)cc1. The van der Waals surface area contributed by atoms with Crippen LogP contribution < -0.4 is 22.1 Å². The molecule has 116 valence electrons. The van der Waals surface area contributed by atoms with Crippen LogP contribution in [0.1, 0.15) is 28.8 Å². The summed E-state index contributed by atoms with van der Waals surface area (Å²) < 4.78 is 0. The molecule has 0 aliphatic heterocycles. The van der Waals surface area contributed by atoms with E-state index in [2.05, 4.69) is 10.6 Å². The Morgan fingerprint density at radius 3 is 2.33 bits per heavy atom. The molecular weight excluding hydrogens is 292 g/mol. The average molecular weight is 313 g/mol. The van der Waals surface area contributed by atoms with Crippen molar-refractivity contribution in [3.63, 3.8) is 0 Å². The number of hydrogen-bond acceptors (Lipinski definition) is 3. The quantitative estimate of drug-likeness (QED) is 0.622. The summed E-state index contributed by atoms with van der Waals surface area (Å²) in [6.07, 6.45) is 2.33. The molecule has 3 amide bonds. The number of urea groups is 1. The predicted octanol–water partition coefficient (Wildman–Crippen LogP) is 0.744. The van der Waals surface area contributed by atoms with Crippen molar-refractivity contribution in [1.82, 2.24) is 10.6 Å². The molecule has 2 rings (SSSR count). The van der Waals surface area contributed by atoms with E-state index < -0.39 is 6.03 Å². The largest absolute Gasteiger partial charge is 0.352 e. The number of primary amides is 1. The van der Waals surface area contributed by atoms with E-state index >= 15 is 0 Å². The maximum atomic E-state index is 11.9. The number of nitrogens with two attached hydrogens (primary N) is 2. The number of nitrogens with one attached hydrogen (secondary N) is 2. The molecular formula is C14H21ClN4O2. The fourth-order valence-electron chi connectivity index (χ4n) is 1.97. The fraction of sp³-hybridized carbons (Fsp3) is 0.429. The van der Waals surface area contributed by atoms with Gasteiger partial charge in [0.1, 0.15) is 0 Å². The summed E-state index contributed by atoms with van der Waals surface area (Å²) in [6.45, 7) is 0.859. The molecule has 21 heavy (non-hydrogen) atoms. The normalized spacial score (nSPS) is 14.7. The lowest BCUT2D eigenvalue weighted by Gasteiger charge is -2.11. The average Bonchev–Trinajstić information content (AvgIpc) is 3.27. The van der Waals surface area contributed by atoms with Crippen molar-refractivity contribution < 1.29 is 9.59 Å². The monoisotopic (exact) mass is 312 g/mol. The van der Waals surface area contributed by atoms with Crippen LogP contribution in [0.4, 0.5) is 4.79 Å². The Bertz CT molecular complexity index is 488. The van der Waals surface area contributed by atoms with Gasteiger partial charge < -0.3 is 22.1 Å². The third kappa shape index (κ3) is 5.61. The molecule has 1 aliphatic rings. The highest BCUT2D eigenvalue weighted by atomic mass is 35.5. The predicted molar refractivity (Wildman–Crippen MR) is 83.1 cm³/mol. The van der Waals surface area contributed by atoms with Crippen molar-refractivity contribution in [3.8, 4) is 0 Å². The summed E-state index contributed by atoms with van der Waals surface area (Å²) in [5.41, 5.74) is 12.4. The molecule has 0 aromatic heterocycles. The molecule has 1 aromatic rings. The van der Waals surface area contributed by atoms with Crippen LogP contribution in [0.2, 0.25) is 0 Å². The Labute approximate surface area is 130 Å². The van der Waals surface area contributed by atoms with E-state index in [0.717, 1.165) is 5.56 Å². The van der Waals surface area contributed by atoms with Crippen LogP contribution in [-0.2, 0) is 6.54 Å². The molecule has 6 nitrogen and oxygen atoms in total. The van der Waals surface area contributed by atoms with Gasteiger partial charge in [0.05, 0.1) is 0 Å². The van der Waals surface area contributed by atoms with E-state index in [1.807, 2.05) is 0 Å². The smallest absolute Gasteiger partial charge is 0.312 e. The zero-order chi connectivity index (χ0) is 14.5. The lowest BCUT2D eigenvalue weighted by Crippen LogP contribution is -2.38. The standard InChI is InChI=1S/C14H20N4O2.ClH/c15-12(10-5-6-10)8-17-13(19)11-3-1-9(2-4-11)7-18-14(16)20;/h1-4,10,12H,5-8,15H2,(H,17,19)(H3,16,18,20);1H. The Kier molecular flexibility index (Phi) is 6.45. The highest BCUT2D eigenvalue weighted by Gasteiger charge is 2.28. The summed E-state index contributed by atoms with van der Waals surface area (Å²) in [7, 11) is 0. The van der Waals surface area contributed by atoms with Crippen LogP contribution in [0.25, 0.3) is 0 Å². The summed E-state index contributed by atoms with van der Waals surface area (Å²) in [6, 6.07) is 6.49. The number of hydrogen-bond donors (Lipinski definition) is 4. The number of rotatable bonds is 6. The molecule has 7 heteroatoms. The van der Waals surface area contributed by atoms with Gasteiger partial charge in [0, 0.05) is 24.7 Å². The molecule has 1 unspecified atom stereocenters. The first-order valence-corrected chi connectivity index (χ1v) is 6.72. The summed E-state index contributed by atoms with van der Waals surface area (Å²) in [5, 5.41) is 5.33. The second-order valence-corrected chi connectivity index (χ2v) is 5.13. The first-order chi connectivity index (χ1) is 9.56. The van der Waals surface area contributed by atoms with Crippen molar-refractivity contribution >= 4 is 24.3 Å². The van der Waals surface area contributed by atoms with Crippen LogP contribution >= 0.6 is 12.4 Å². The molecule has 6 N–H and O–H groups in total. The lowest BCUT2D eigenvalue weighted by atomic mass is 10.1. The van der Waals surface area contributed by atoms with Gasteiger partial charge in [0.2, 0.25) is 0 Å². The Balaban J connectivity index is 0.00000220. The second-order valence-electron chi connectivity index (χ2n) is 5.13. The van der Waals surface area contributed by atoms with Gasteiger partial charge in [-0.3, -0.25) is 4.79 Å². The van der Waals surface area contributed by atoms with Crippen molar-refractivity contribution in [2.75, 3.05) is 6.54 Å². The Hall–Kier alpha value is -1.79. The molecule has 0 radical (unpaired) electrons. The zero-order valence-corrected chi connectivity index (χ0v) is 12.5. The third-order valence-electron chi connectivity index (χ3n) is 3.41. The second kappa shape index (κ2) is 7.85. The molecule has 0 spiro atoms.